The molecule has 0 radical (unpaired) electrons. The number of hydrogen-bond acceptors (Lipinski definition) is 7. The second-order valence-corrected chi connectivity index (χ2v) is 13.7. The summed E-state index contributed by atoms with van der Waals surface area (Å²) in [6.45, 7) is 8.61. The first-order valence-corrected chi connectivity index (χ1v) is 18.4. The summed E-state index contributed by atoms with van der Waals surface area (Å²) >= 11 is 0. The van der Waals surface area contributed by atoms with Gasteiger partial charge >= 0.3 is 0 Å². The minimum absolute atomic E-state index is 0.183. The van der Waals surface area contributed by atoms with E-state index in [2.05, 4.69) is 32.9 Å². The van der Waals surface area contributed by atoms with E-state index >= 15 is 0 Å². The zero-order valence-corrected chi connectivity index (χ0v) is 30.8. The van der Waals surface area contributed by atoms with E-state index in [9.17, 15) is 5.26 Å². The minimum atomic E-state index is -0.762. The Kier molecular flexibility index (Phi) is 16.1. The van der Waals surface area contributed by atoms with E-state index in [-0.39, 0.29) is 13.2 Å². The van der Waals surface area contributed by atoms with Gasteiger partial charge in [-0.3, -0.25) is 0 Å². The van der Waals surface area contributed by atoms with E-state index in [1.54, 1.807) is 6.07 Å². The lowest BCUT2D eigenvalue weighted by Gasteiger charge is -2.46. The van der Waals surface area contributed by atoms with Crippen LogP contribution in [-0.2, 0) is 54.8 Å². The Labute approximate surface area is 310 Å². The molecular formula is C45H53NO6. The number of nitriles is 1. The van der Waals surface area contributed by atoms with E-state index in [0.717, 1.165) is 41.5 Å². The first kappa shape index (κ1) is 39.1. The third-order valence-electron chi connectivity index (χ3n) is 9.23. The zero-order valence-electron chi connectivity index (χ0n) is 30.8. The molecule has 0 aliphatic carbocycles. The molecule has 0 N–H and O–H groups in total. The van der Waals surface area contributed by atoms with Crippen molar-refractivity contribution in [1.82, 2.24) is 0 Å². The van der Waals surface area contributed by atoms with Crippen molar-refractivity contribution in [3.8, 4) is 6.07 Å². The molecule has 0 unspecified atom stereocenters. The monoisotopic (exact) mass is 703 g/mol. The van der Waals surface area contributed by atoms with Crippen molar-refractivity contribution >= 4 is 0 Å². The van der Waals surface area contributed by atoms with Gasteiger partial charge in [0.15, 0.2) is 6.29 Å². The van der Waals surface area contributed by atoms with Crippen LogP contribution in [0.5, 0.6) is 0 Å². The van der Waals surface area contributed by atoms with Crippen molar-refractivity contribution in [3.63, 3.8) is 0 Å². The summed E-state index contributed by atoms with van der Waals surface area (Å²) in [6.07, 6.45) is 2.21. The van der Waals surface area contributed by atoms with Crippen LogP contribution in [0.15, 0.2) is 127 Å². The predicted molar refractivity (Wildman–Crippen MR) is 203 cm³/mol. The van der Waals surface area contributed by atoms with Crippen molar-refractivity contribution in [1.29, 1.82) is 5.26 Å². The molecule has 1 aliphatic rings. The minimum Gasteiger partial charge on any atom is -0.374 e. The molecule has 7 heteroatoms. The second kappa shape index (κ2) is 21.4. The maximum atomic E-state index is 9.83. The van der Waals surface area contributed by atoms with Crippen molar-refractivity contribution in [3.05, 3.63) is 155 Å². The highest BCUT2D eigenvalue weighted by Gasteiger charge is 2.49. The molecule has 4 aromatic rings. The van der Waals surface area contributed by atoms with E-state index in [4.69, 9.17) is 28.4 Å². The van der Waals surface area contributed by atoms with Gasteiger partial charge in [0.2, 0.25) is 0 Å². The summed E-state index contributed by atoms with van der Waals surface area (Å²) in [6, 6.07) is 40.1. The first-order valence-electron chi connectivity index (χ1n) is 18.4. The maximum absolute atomic E-state index is 9.83. The molecule has 0 bridgehead atoms. The zero-order chi connectivity index (χ0) is 36.4. The summed E-state index contributed by atoms with van der Waals surface area (Å²) < 4.78 is 40.0. The summed E-state index contributed by atoms with van der Waals surface area (Å²) in [5.74, 6) is 0.471. The smallest absolute Gasteiger partial charge is 0.186 e. The third-order valence-corrected chi connectivity index (χ3v) is 9.23. The van der Waals surface area contributed by atoms with Crippen LogP contribution < -0.4 is 0 Å². The second-order valence-electron chi connectivity index (χ2n) is 13.7. The highest BCUT2D eigenvalue weighted by Crippen LogP contribution is 2.32. The molecule has 0 saturated carbocycles. The SMILES string of the molecule is CC(C)=CCC[C@@H](C)CCO[C@@H]1O[C@H](COCc2ccccc2)[C@@H](OCc2ccccc2)[C@H](OCc2ccccc2)[C@H]1OCc1ccccc1C#N. The van der Waals surface area contributed by atoms with Gasteiger partial charge in [-0.15, -0.1) is 0 Å². The largest absolute Gasteiger partial charge is 0.374 e. The predicted octanol–water partition coefficient (Wildman–Crippen LogP) is 9.35. The Morgan fingerprint density at radius 2 is 1.23 bits per heavy atom. The molecule has 5 rings (SSSR count). The third kappa shape index (κ3) is 12.5. The van der Waals surface area contributed by atoms with Gasteiger partial charge in [-0.2, -0.15) is 5.26 Å². The van der Waals surface area contributed by atoms with Crippen LogP contribution in [0.3, 0.4) is 0 Å². The molecule has 4 aromatic carbocycles. The van der Waals surface area contributed by atoms with E-state index in [1.807, 2.05) is 109 Å². The molecule has 1 fully saturated rings. The Morgan fingerprint density at radius 3 is 1.85 bits per heavy atom. The fraction of sp³-hybridized carbons (Fsp3) is 0.400. The van der Waals surface area contributed by atoms with Crippen molar-refractivity contribution in [2.75, 3.05) is 13.2 Å². The van der Waals surface area contributed by atoms with Gasteiger partial charge in [-0.05, 0) is 67.3 Å². The summed E-state index contributed by atoms with van der Waals surface area (Å²) in [7, 11) is 0. The van der Waals surface area contributed by atoms with Gasteiger partial charge < -0.3 is 28.4 Å². The molecule has 1 heterocycles. The van der Waals surface area contributed by atoms with Crippen LogP contribution in [0.25, 0.3) is 0 Å². The van der Waals surface area contributed by atoms with Crippen LogP contribution in [0, 0.1) is 17.2 Å². The topological polar surface area (TPSA) is 79.2 Å². The average Bonchev–Trinajstić information content (AvgIpc) is 3.17. The highest BCUT2D eigenvalue weighted by molar-refractivity contribution is 5.36. The van der Waals surface area contributed by atoms with Crippen molar-refractivity contribution in [2.24, 2.45) is 5.92 Å². The molecule has 7 nitrogen and oxygen atoms in total. The summed E-state index contributed by atoms with van der Waals surface area (Å²) in [5.41, 5.74) is 5.83. The first-order chi connectivity index (χ1) is 25.5. The van der Waals surface area contributed by atoms with E-state index in [1.165, 1.54) is 5.57 Å². The van der Waals surface area contributed by atoms with Gasteiger partial charge in [0.1, 0.15) is 24.4 Å². The molecule has 0 spiro atoms. The highest BCUT2D eigenvalue weighted by atomic mass is 16.7. The molecule has 274 valence electrons. The van der Waals surface area contributed by atoms with Crippen molar-refractivity contribution in [2.45, 2.75) is 97.2 Å². The maximum Gasteiger partial charge on any atom is 0.186 e. The number of ether oxygens (including phenoxy) is 6. The Hall–Kier alpha value is -4.13. The van der Waals surface area contributed by atoms with Crippen LogP contribution >= 0.6 is 0 Å². The summed E-state index contributed by atoms with van der Waals surface area (Å²) in [4.78, 5) is 0. The number of rotatable bonds is 20. The number of nitrogens with zero attached hydrogens (tertiary/aromatic N) is 1. The van der Waals surface area contributed by atoms with Crippen molar-refractivity contribution < 1.29 is 28.4 Å². The molecule has 52 heavy (non-hydrogen) atoms. The fourth-order valence-electron chi connectivity index (χ4n) is 6.24. The molecule has 0 amide bonds. The van der Waals surface area contributed by atoms with Crippen LogP contribution in [0.4, 0.5) is 0 Å². The average molecular weight is 704 g/mol. The van der Waals surface area contributed by atoms with Gasteiger partial charge in [0.05, 0.1) is 51.3 Å². The van der Waals surface area contributed by atoms with E-state index in [0.29, 0.717) is 37.9 Å². The van der Waals surface area contributed by atoms with Crippen LogP contribution in [0.2, 0.25) is 0 Å². The molecule has 1 aliphatic heterocycles. The Balaban J connectivity index is 1.43. The lowest BCUT2D eigenvalue weighted by Crippen LogP contribution is -2.61. The lowest BCUT2D eigenvalue weighted by molar-refractivity contribution is -0.328. The van der Waals surface area contributed by atoms with Gasteiger partial charge in [-0.1, -0.05) is 128 Å². The van der Waals surface area contributed by atoms with Crippen LogP contribution in [-0.4, -0.2) is 43.9 Å². The van der Waals surface area contributed by atoms with Gasteiger partial charge in [-0.25, -0.2) is 0 Å². The normalized spacial score (nSPS) is 20.5. The lowest BCUT2D eigenvalue weighted by atomic mass is 9.97. The number of hydrogen-bond donors (Lipinski definition) is 0. The van der Waals surface area contributed by atoms with Gasteiger partial charge in [0, 0.05) is 0 Å². The molecular weight excluding hydrogens is 650 g/mol. The van der Waals surface area contributed by atoms with Crippen LogP contribution in [0.1, 0.15) is 67.9 Å². The Morgan fingerprint density at radius 1 is 0.673 bits per heavy atom. The number of allylic oxidation sites excluding steroid dienone is 2. The van der Waals surface area contributed by atoms with Gasteiger partial charge in [0.25, 0.3) is 0 Å². The summed E-state index contributed by atoms with van der Waals surface area (Å²) in [5, 5.41) is 9.83. The number of benzene rings is 4. The molecule has 1 saturated heterocycles. The van der Waals surface area contributed by atoms with E-state index < -0.39 is 30.7 Å². The fourth-order valence-corrected chi connectivity index (χ4v) is 6.24. The Bertz CT molecular complexity index is 1650. The molecule has 6 atom stereocenters. The quantitative estimate of drug-likeness (QED) is 0.0849. The standard InChI is InChI=1S/C45H53NO6/c1-34(2)16-15-17-35(3)26-27-48-45-44(51-32-40-25-14-13-24-39(40)28-46)43(50-31-38-22-11-6-12-23-38)42(49-30-37-20-9-5-10-21-37)41(52-45)33-47-29-36-18-7-4-8-19-36/h4-14,16,18-25,35,41-45H,15,17,26-27,29-33H2,1-3H3/t35-,41-,42-,43+,44-,45-/m1/s1. The molecule has 0 aromatic heterocycles.